The predicted octanol–water partition coefficient (Wildman–Crippen LogP) is 4.43. The van der Waals surface area contributed by atoms with Gasteiger partial charge in [0.1, 0.15) is 12.4 Å². The van der Waals surface area contributed by atoms with Crippen molar-refractivity contribution in [3.05, 3.63) is 29.8 Å². The number of guanidine groups is 1. The van der Waals surface area contributed by atoms with Gasteiger partial charge in [0.05, 0.1) is 0 Å². The lowest BCUT2D eigenvalue weighted by molar-refractivity contribution is 0.0392. The summed E-state index contributed by atoms with van der Waals surface area (Å²) in [4.78, 5) is 6.75. The largest absolute Gasteiger partial charge is 0.492 e. The summed E-state index contributed by atoms with van der Waals surface area (Å²) in [6.07, 6.45) is 7.19. The van der Waals surface area contributed by atoms with Gasteiger partial charge in [-0.15, -0.1) is 24.0 Å². The smallest absolute Gasteiger partial charge is 0.191 e. The van der Waals surface area contributed by atoms with Crippen LogP contribution in [0.3, 0.4) is 0 Å². The van der Waals surface area contributed by atoms with Crippen LogP contribution in [0, 0.1) is 0 Å². The number of nitrogens with zero attached hydrogens (tertiary/aromatic N) is 2. The molecule has 6 nitrogen and oxygen atoms in total. The lowest BCUT2D eigenvalue weighted by atomic mass is 10.1. The van der Waals surface area contributed by atoms with Gasteiger partial charge in [-0.3, -0.25) is 9.89 Å². The van der Waals surface area contributed by atoms with E-state index in [0.29, 0.717) is 18.7 Å². The topological polar surface area (TPSA) is 58.1 Å². The van der Waals surface area contributed by atoms with Gasteiger partial charge < -0.3 is 20.1 Å². The van der Waals surface area contributed by atoms with Gasteiger partial charge in [-0.05, 0) is 50.9 Å². The highest BCUT2D eigenvalue weighted by Gasteiger charge is 2.18. The van der Waals surface area contributed by atoms with E-state index in [1.807, 2.05) is 13.1 Å². The van der Waals surface area contributed by atoms with E-state index < -0.39 is 0 Å². The first-order valence-corrected chi connectivity index (χ1v) is 11.6. The number of hydrogen-bond acceptors (Lipinski definition) is 4. The molecular formula is C24H43IN4O2. The molecule has 7 heteroatoms. The van der Waals surface area contributed by atoms with Crippen molar-refractivity contribution in [2.75, 3.05) is 40.5 Å². The first-order valence-electron chi connectivity index (χ1n) is 11.6. The number of aliphatic imine (C=N–C) groups is 1. The van der Waals surface area contributed by atoms with E-state index >= 15 is 0 Å². The van der Waals surface area contributed by atoms with Gasteiger partial charge in [-0.2, -0.15) is 0 Å². The Labute approximate surface area is 206 Å². The summed E-state index contributed by atoms with van der Waals surface area (Å²) in [5, 5.41) is 6.90. The van der Waals surface area contributed by atoms with Gasteiger partial charge in [0.25, 0.3) is 0 Å². The number of likely N-dealkylation sites (N-methyl/N-ethyl adjacent to an activating group) is 1. The lowest BCUT2D eigenvalue weighted by Gasteiger charge is -2.31. The zero-order valence-electron chi connectivity index (χ0n) is 19.9. The van der Waals surface area contributed by atoms with Gasteiger partial charge in [0.15, 0.2) is 5.96 Å². The number of nitrogens with one attached hydrogen (secondary N) is 2. The van der Waals surface area contributed by atoms with Crippen molar-refractivity contribution < 1.29 is 9.47 Å². The first-order chi connectivity index (χ1) is 14.6. The fraction of sp³-hybridized carbons (Fsp3) is 0.708. The molecule has 1 aliphatic rings. The molecule has 1 unspecified atom stereocenters. The summed E-state index contributed by atoms with van der Waals surface area (Å²) in [5.74, 6) is 1.77. The number of halogens is 1. The normalized spacial score (nSPS) is 16.0. The standard InChI is InChI=1S/C24H42N4O2.HI/c1-5-6-7-9-20(2)27-24(25-3)26-19-21-10-8-11-23(18-21)30-17-14-28(4)22-12-15-29-16-13-22;/h8,10-11,18,20,22H,5-7,9,12-17,19H2,1-4H3,(H2,25,26,27);1H. The SMILES string of the molecule is CCCCCC(C)NC(=NC)NCc1cccc(OCCN(C)C2CCOCC2)c1.I. The molecule has 178 valence electrons. The summed E-state index contributed by atoms with van der Waals surface area (Å²) in [7, 11) is 4.00. The molecule has 0 spiro atoms. The Morgan fingerprint density at radius 2 is 2.06 bits per heavy atom. The second-order valence-electron chi connectivity index (χ2n) is 8.29. The maximum atomic E-state index is 6.01. The van der Waals surface area contributed by atoms with Crippen molar-refractivity contribution in [2.24, 2.45) is 4.99 Å². The third-order valence-electron chi connectivity index (χ3n) is 5.73. The fourth-order valence-electron chi connectivity index (χ4n) is 3.75. The highest BCUT2D eigenvalue weighted by molar-refractivity contribution is 14.0. The quantitative estimate of drug-likeness (QED) is 0.176. The van der Waals surface area contributed by atoms with Crippen LogP contribution in [-0.2, 0) is 11.3 Å². The Hall–Kier alpha value is -1.06. The highest BCUT2D eigenvalue weighted by Crippen LogP contribution is 2.15. The van der Waals surface area contributed by atoms with E-state index in [1.54, 1.807) is 0 Å². The molecule has 0 aliphatic carbocycles. The van der Waals surface area contributed by atoms with Crippen LogP contribution in [0.25, 0.3) is 0 Å². The Morgan fingerprint density at radius 1 is 1.29 bits per heavy atom. The zero-order chi connectivity index (χ0) is 21.6. The van der Waals surface area contributed by atoms with Crippen LogP contribution < -0.4 is 15.4 Å². The maximum absolute atomic E-state index is 6.01. The summed E-state index contributed by atoms with van der Waals surface area (Å²) in [6, 6.07) is 9.34. The molecule has 0 saturated carbocycles. The summed E-state index contributed by atoms with van der Waals surface area (Å²) >= 11 is 0. The zero-order valence-corrected chi connectivity index (χ0v) is 22.2. The molecule has 2 rings (SSSR count). The first kappa shape index (κ1) is 28.0. The number of rotatable bonds is 12. The van der Waals surface area contributed by atoms with Crippen LogP contribution in [0.5, 0.6) is 5.75 Å². The van der Waals surface area contributed by atoms with E-state index in [9.17, 15) is 0 Å². The van der Waals surface area contributed by atoms with Crippen molar-refractivity contribution in [1.82, 2.24) is 15.5 Å². The van der Waals surface area contributed by atoms with Crippen molar-refractivity contribution in [2.45, 2.75) is 71.0 Å². The number of hydrogen-bond donors (Lipinski definition) is 2. The molecule has 2 N–H and O–H groups in total. The minimum atomic E-state index is 0. The maximum Gasteiger partial charge on any atom is 0.191 e. The predicted molar refractivity (Wildman–Crippen MR) is 141 cm³/mol. The summed E-state index contributed by atoms with van der Waals surface area (Å²) < 4.78 is 11.5. The Kier molecular flexibility index (Phi) is 14.9. The second kappa shape index (κ2) is 16.6. The Balaban J connectivity index is 0.00000480. The second-order valence-corrected chi connectivity index (χ2v) is 8.29. The molecule has 31 heavy (non-hydrogen) atoms. The number of ether oxygens (including phenoxy) is 2. The van der Waals surface area contributed by atoms with Crippen LogP contribution in [0.2, 0.25) is 0 Å². The van der Waals surface area contributed by atoms with Gasteiger partial charge in [-0.1, -0.05) is 38.3 Å². The van der Waals surface area contributed by atoms with E-state index in [2.05, 4.69) is 59.6 Å². The van der Waals surface area contributed by atoms with Crippen molar-refractivity contribution in [1.29, 1.82) is 0 Å². The van der Waals surface area contributed by atoms with Crippen LogP contribution in [0.1, 0.15) is 57.9 Å². The minimum absolute atomic E-state index is 0. The fourth-order valence-corrected chi connectivity index (χ4v) is 3.75. The molecule has 1 fully saturated rings. The van der Waals surface area contributed by atoms with Gasteiger partial charge in [0.2, 0.25) is 0 Å². The molecule has 0 bridgehead atoms. The van der Waals surface area contributed by atoms with Crippen molar-refractivity contribution >= 4 is 29.9 Å². The molecular weight excluding hydrogens is 503 g/mol. The van der Waals surface area contributed by atoms with Crippen molar-refractivity contribution in [3.8, 4) is 5.75 Å². The molecule has 1 aliphatic heterocycles. The third kappa shape index (κ3) is 11.4. The number of benzene rings is 1. The Bertz CT molecular complexity index is 623. The van der Waals surface area contributed by atoms with Crippen LogP contribution in [0.4, 0.5) is 0 Å². The van der Waals surface area contributed by atoms with Gasteiger partial charge in [0, 0.05) is 45.4 Å². The monoisotopic (exact) mass is 546 g/mol. The van der Waals surface area contributed by atoms with Crippen LogP contribution in [-0.4, -0.2) is 63.4 Å². The molecule has 1 atom stereocenters. The molecule has 1 aromatic rings. The van der Waals surface area contributed by atoms with E-state index in [4.69, 9.17) is 9.47 Å². The highest BCUT2D eigenvalue weighted by atomic mass is 127. The van der Waals surface area contributed by atoms with Crippen molar-refractivity contribution in [3.63, 3.8) is 0 Å². The molecule has 1 heterocycles. The molecule has 0 radical (unpaired) electrons. The molecule has 1 aromatic carbocycles. The van der Waals surface area contributed by atoms with E-state index in [-0.39, 0.29) is 24.0 Å². The third-order valence-corrected chi connectivity index (χ3v) is 5.73. The Morgan fingerprint density at radius 3 is 2.77 bits per heavy atom. The number of unbranched alkanes of at least 4 members (excludes halogenated alkanes) is 2. The van der Waals surface area contributed by atoms with Crippen LogP contribution >= 0.6 is 24.0 Å². The summed E-state index contributed by atoms with van der Waals surface area (Å²) in [6.45, 7) is 8.55. The molecule has 1 saturated heterocycles. The van der Waals surface area contributed by atoms with E-state index in [1.165, 1.54) is 31.2 Å². The average molecular weight is 547 g/mol. The van der Waals surface area contributed by atoms with Gasteiger partial charge >= 0.3 is 0 Å². The minimum Gasteiger partial charge on any atom is -0.492 e. The molecule has 0 aromatic heterocycles. The van der Waals surface area contributed by atoms with E-state index in [0.717, 1.165) is 50.9 Å². The summed E-state index contributed by atoms with van der Waals surface area (Å²) in [5.41, 5.74) is 1.19. The van der Waals surface area contributed by atoms with Gasteiger partial charge in [-0.25, -0.2) is 0 Å². The average Bonchev–Trinajstić information content (AvgIpc) is 2.77. The molecule has 0 amide bonds. The lowest BCUT2D eigenvalue weighted by Crippen LogP contribution is -2.41. The van der Waals surface area contributed by atoms with Crippen LogP contribution in [0.15, 0.2) is 29.3 Å².